The van der Waals surface area contributed by atoms with Crippen molar-refractivity contribution < 1.29 is 9.47 Å². The van der Waals surface area contributed by atoms with E-state index in [9.17, 15) is 4.79 Å². The summed E-state index contributed by atoms with van der Waals surface area (Å²) < 4.78 is 15.1. The molecule has 0 amide bonds. The van der Waals surface area contributed by atoms with Crippen LogP contribution in [0.25, 0.3) is 39.4 Å². The van der Waals surface area contributed by atoms with E-state index in [1.54, 1.807) is 7.11 Å². The summed E-state index contributed by atoms with van der Waals surface area (Å²) in [7, 11) is 1.62. The predicted octanol–water partition coefficient (Wildman–Crippen LogP) is 6.11. The Labute approximate surface area is 257 Å². The Hall–Kier alpha value is -5.54. The van der Waals surface area contributed by atoms with Crippen molar-refractivity contribution in [2.75, 3.05) is 7.11 Å². The van der Waals surface area contributed by atoms with Crippen LogP contribution < -0.4 is 19.6 Å². The molecular weight excluding hydrogens is 570 g/mol. The number of methoxy groups -OCH3 is 1. The molecule has 7 rings (SSSR count). The summed E-state index contributed by atoms with van der Waals surface area (Å²) >= 11 is 1.30. The lowest BCUT2D eigenvalue weighted by Gasteiger charge is -2.10. The molecule has 0 saturated carbocycles. The Bertz CT molecular complexity index is 2190. The first-order valence-corrected chi connectivity index (χ1v) is 14.9. The van der Waals surface area contributed by atoms with Gasteiger partial charge in [0.05, 0.1) is 17.3 Å². The molecule has 0 atom stereocenters. The van der Waals surface area contributed by atoms with Crippen LogP contribution in [0, 0.1) is 6.92 Å². The number of thiazole rings is 1. The number of rotatable bonds is 8. The normalized spacial score (nSPS) is 11.7. The number of aromatic nitrogens is 5. The van der Waals surface area contributed by atoms with E-state index in [1.165, 1.54) is 15.9 Å². The first-order chi connectivity index (χ1) is 21.6. The average molecular weight is 598 g/mol. The van der Waals surface area contributed by atoms with Crippen LogP contribution in [0.3, 0.4) is 0 Å². The molecule has 3 heterocycles. The monoisotopic (exact) mass is 597 g/mol. The quantitative estimate of drug-likeness (QED) is 0.210. The second-order valence-corrected chi connectivity index (χ2v) is 11.3. The first kappa shape index (κ1) is 27.3. The molecule has 216 valence electrons. The molecule has 0 aliphatic rings. The van der Waals surface area contributed by atoms with Crippen molar-refractivity contribution in [1.82, 2.24) is 24.4 Å². The van der Waals surface area contributed by atoms with Crippen LogP contribution in [0.15, 0.2) is 114 Å². The summed E-state index contributed by atoms with van der Waals surface area (Å²) in [6.45, 7) is 2.51. The number of aryl methyl sites for hydroxylation is 1. The van der Waals surface area contributed by atoms with Crippen LogP contribution in [0.5, 0.6) is 11.5 Å². The molecule has 0 fully saturated rings. The summed E-state index contributed by atoms with van der Waals surface area (Å²) in [4.78, 5) is 18.6. The zero-order chi connectivity index (χ0) is 30.0. The number of ether oxygens (including phenoxy) is 2. The fourth-order valence-electron chi connectivity index (χ4n) is 4.96. The van der Waals surface area contributed by atoms with Gasteiger partial charge in [-0.2, -0.15) is 14.6 Å². The lowest BCUT2D eigenvalue weighted by atomic mass is 10.0. The second-order valence-electron chi connectivity index (χ2n) is 10.2. The van der Waals surface area contributed by atoms with E-state index in [0.717, 1.165) is 50.7 Å². The van der Waals surface area contributed by atoms with Crippen LogP contribution in [-0.4, -0.2) is 31.5 Å². The highest BCUT2D eigenvalue weighted by Gasteiger charge is 2.16. The van der Waals surface area contributed by atoms with E-state index in [-0.39, 0.29) is 5.56 Å². The topological polar surface area (TPSA) is 83.5 Å². The highest BCUT2D eigenvalue weighted by atomic mass is 32.1. The predicted molar refractivity (Wildman–Crippen MR) is 172 cm³/mol. The van der Waals surface area contributed by atoms with Crippen LogP contribution in [-0.2, 0) is 6.61 Å². The summed E-state index contributed by atoms with van der Waals surface area (Å²) in [6, 6.07) is 33.5. The van der Waals surface area contributed by atoms with Crippen LogP contribution in [0.1, 0.15) is 16.7 Å². The Morgan fingerprint density at radius 1 is 0.864 bits per heavy atom. The molecule has 9 heteroatoms. The maximum absolute atomic E-state index is 13.5. The Kier molecular flexibility index (Phi) is 7.21. The highest BCUT2D eigenvalue weighted by Crippen LogP contribution is 2.30. The molecular formula is C35H27N5O3S. The fraction of sp³-hybridized carbons (Fsp3) is 0.0857. The van der Waals surface area contributed by atoms with Gasteiger partial charge >= 0.3 is 0 Å². The third-order valence-electron chi connectivity index (χ3n) is 7.27. The average Bonchev–Trinajstić information content (AvgIpc) is 3.76. The summed E-state index contributed by atoms with van der Waals surface area (Å²) in [5, 5.41) is 9.45. The van der Waals surface area contributed by atoms with Crippen molar-refractivity contribution in [3.63, 3.8) is 0 Å². The minimum Gasteiger partial charge on any atom is -0.497 e. The molecule has 0 bridgehead atoms. The summed E-state index contributed by atoms with van der Waals surface area (Å²) in [6.07, 6.45) is 3.81. The van der Waals surface area contributed by atoms with Gasteiger partial charge in [0.25, 0.3) is 5.56 Å². The molecule has 0 N–H and O–H groups in total. The minimum absolute atomic E-state index is 0.225. The maximum Gasteiger partial charge on any atom is 0.291 e. The molecule has 0 aliphatic carbocycles. The van der Waals surface area contributed by atoms with Gasteiger partial charge in [-0.1, -0.05) is 59.9 Å². The van der Waals surface area contributed by atoms with Crippen LogP contribution in [0.2, 0.25) is 0 Å². The van der Waals surface area contributed by atoms with E-state index in [0.29, 0.717) is 21.9 Å². The SMILES string of the molecule is COc1ccc(-c2nc3s/c(=C\c4cn(-c5ccccc5)nc4-c4ccc(OCc5ccccc5)c(C)c4)c(=O)n3n2)cc1. The number of benzene rings is 4. The van der Waals surface area contributed by atoms with Gasteiger partial charge in [-0.25, -0.2) is 4.68 Å². The summed E-state index contributed by atoms with van der Waals surface area (Å²) in [5.41, 5.74) is 6.09. The van der Waals surface area contributed by atoms with E-state index < -0.39 is 0 Å². The van der Waals surface area contributed by atoms with Gasteiger partial charge in [-0.3, -0.25) is 4.79 Å². The second kappa shape index (κ2) is 11.6. The van der Waals surface area contributed by atoms with Crippen molar-refractivity contribution in [3.8, 4) is 39.8 Å². The standard InChI is InChI=1S/C35H27N5O3S/c1-23-19-26(15-18-30(23)43-22-24-9-5-3-6-10-24)32-27(21-39(37-32)28-11-7-4-8-12-28)20-31-34(41)40-35(44-31)36-33(38-40)25-13-16-29(42-2)17-14-25/h3-21H,22H2,1-2H3/b31-20-. The van der Waals surface area contributed by atoms with E-state index in [1.807, 2.05) is 121 Å². The zero-order valence-corrected chi connectivity index (χ0v) is 24.9. The van der Waals surface area contributed by atoms with Crippen molar-refractivity contribution in [1.29, 1.82) is 0 Å². The fourth-order valence-corrected chi connectivity index (χ4v) is 5.86. The Balaban J connectivity index is 1.26. The maximum atomic E-state index is 13.5. The molecule has 0 spiro atoms. The first-order valence-electron chi connectivity index (χ1n) is 14.0. The molecule has 0 saturated heterocycles. The largest absolute Gasteiger partial charge is 0.497 e. The Morgan fingerprint density at radius 3 is 2.30 bits per heavy atom. The smallest absolute Gasteiger partial charge is 0.291 e. The number of hydrogen-bond acceptors (Lipinski definition) is 7. The summed E-state index contributed by atoms with van der Waals surface area (Å²) in [5.74, 6) is 2.04. The molecule has 0 aliphatic heterocycles. The third kappa shape index (κ3) is 5.36. The van der Waals surface area contributed by atoms with Crippen molar-refractivity contribution in [3.05, 3.63) is 141 Å². The molecule has 7 aromatic rings. The number of hydrogen-bond donors (Lipinski definition) is 0. The van der Waals surface area contributed by atoms with Crippen LogP contribution >= 0.6 is 11.3 Å². The molecule has 8 nitrogen and oxygen atoms in total. The number of fused-ring (bicyclic) bond motifs is 1. The lowest BCUT2D eigenvalue weighted by Crippen LogP contribution is -2.23. The van der Waals surface area contributed by atoms with Gasteiger partial charge in [0.15, 0.2) is 5.82 Å². The van der Waals surface area contributed by atoms with Crippen molar-refractivity contribution in [2.24, 2.45) is 0 Å². The lowest BCUT2D eigenvalue weighted by molar-refractivity contribution is 0.304. The van der Waals surface area contributed by atoms with Crippen molar-refractivity contribution >= 4 is 22.4 Å². The highest BCUT2D eigenvalue weighted by molar-refractivity contribution is 7.15. The van der Waals surface area contributed by atoms with Gasteiger partial charge in [-0.15, -0.1) is 5.10 Å². The van der Waals surface area contributed by atoms with Gasteiger partial charge in [0.2, 0.25) is 4.96 Å². The third-order valence-corrected chi connectivity index (χ3v) is 8.22. The van der Waals surface area contributed by atoms with Gasteiger partial charge in [0.1, 0.15) is 23.8 Å². The molecule has 4 aromatic carbocycles. The van der Waals surface area contributed by atoms with E-state index in [2.05, 4.69) is 16.1 Å². The van der Waals surface area contributed by atoms with E-state index in [4.69, 9.17) is 14.6 Å². The number of para-hydroxylation sites is 1. The Morgan fingerprint density at radius 2 is 1.59 bits per heavy atom. The van der Waals surface area contributed by atoms with Gasteiger partial charge < -0.3 is 9.47 Å². The number of nitrogens with zero attached hydrogens (tertiary/aromatic N) is 5. The minimum atomic E-state index is -0.225. The molecule has 44 heavy (non-hydrogen) atoms. The van der Waals surface area contributed by atoms with Gasteiger partial charge in [0, 0.05) is 22.9 Å². The zero-order valence-electron chi connectivity index (χ0n) is 24.0. The molecule has 0 unspecified atom stereocenters. The van der Waals surface area contributed by atoms with Crippen molar-refractivity contribution in [2.45, 2.75) is 13.5 Å². The molecule has 0 radical (unpaired) electrons. The van der Waals surface area contributed by atoms with E-state index >= 15 is 0 Å². The van der Waals surface area contributed by atoms with Crippen LogP contribution in [0.4, 0.5) is 0 Å². The molecule has 3 aromatic heterocycles. The van der Waals surface area contributed by atoms with Gasteiger partial charge in [-0.05, 0) is 78.7 Å².